The SMILES string of the molecule is Cn1cc(CC(=O)NC(c2cccnc2)C2CCOCC2)c2ccccc21. The first-order valence-electron chi connectivity index (χ1n) is 9.52. The van der Waals surface area contributed by atoms with E-state index in [0.29, 0.717) is 12.3 Å². The molecule has 4 rings (SSSR count). The minimum atomic E-state index is -0.0231. The number of pyridine rings is 1. The second-order valence-electron chi connectivity index (χ2n) is 7.24. The second kappa shape index (κ2) is 7.92. The Labute approximate surface area is 159 Å². The Morgan fingerprint density at radius 2 is 2.07 bits per heavy atom. The fraction of sp³-hybridized carbons (Fsp3) is 0.364. The highest BCUT2D eigenvalue weighted by atomic mass is 16.5. The number of carbonyl (C=O) groups is 1. The number of carbonyl (C=O) groups excluding carboxylic acids is 1. The Bertz CT molecular complexity index is 914. The molecule has 1 unspecified atom stereocenters. The van der Waals surface area contributed by atoms with Crippen LogP contribution in [0.1, 0.15) is 30.0 Å². The number of para-hydroxylation sites is 1. The number of fused-ring (bicyclic) bond motifs is 1. The molecule has 1 atom stereocenters. The predicted molar refractivity (Wildman–Crippen MR) is 105 cm³/mol. The molecule has 5 heteroatoms. The monoisotopic (exact) mass is 363 g/mol. The summed E-state index contributed by atoms with van der Waals surface area (Å²) in [7, 11) is 2.02. The zero-order chi connectivity index (χ0) is 18.6. The number of rotatable bonds is 5. The van der Waals surface area contributed by atoms with Gasteiger partial charge in [0.15, 0.2) is 0 Å². The lowest BCUT2D eigenvalue weighted by atomic mass is 9.87. The van der Waals surface area contributed by atoms with Crippen LogP contribution in [0.15, 0.2) is 55.0 Å². The number of nitrogens with zero attached hydrogens (tertiary/aromatic N) is 2. The van der Waals surface area contributed by atoms with Gasteiger partial charge < -0.3 is 14.6 Å². The van der Waals surface area contributed by atoms with E-state index in [1.54, 1.807) is 6.20 Å². The molecule has 0 saturated carbocycles. The van der Waals surface area contributed by atoms with Crippen LogP contribution in [0.4, 0.5) is 0 Å². The summed E-state index contributed by atoms with van der Waals surface area (Å²) in [5.41, 5.74) is 3.27. The number of ether oxygens (including phenoxy) is 1. The van der Waals surface area contributed by atoms with Crippen LogP contribution in [0.3, 0.4) is 0 Å². The topological polar surface area (TPSA) is 56.2 Å². The standard InChI is InChI=1S/C22H25N3O2/c1-25-15-18(19-6-2-3-7-20(19)25)13-21(26)24-22(16-8-11-27-12-9-16)17-5-4-10-23-14-17/h2-7,10,14-16,22H,8-9,11-13H2,1H3,(H,24,26). The van der Waals surface area contributed by atoms with Crippen LogP contribution < -0.4 is 5.32 Å². The quantitative estimate of drug-likeness (QED) is 0.756. The minimum Gasteiger partial charge on any atom is -0.381 e. The van der Waals surface area contributed by atoms with E-state index in [4.69, 9.17) is 4.74 Å². The van der Waals surface area contributed by atoms with Gasteiger partial charge in [0, 0.05) is 49.8 Å². The van der Waals surface area contributed by atoms with Gasteiger partial charge in [-0.05, 0) is 42.0 Å². The summed E-state index contributed by atoms with van der Waals surface area (Å²) in [6.07, 6.45) is 7.96. The lowest BCUT2D eigenvalue weighted by Crippen LogP contribution is -2.36. The molecule has 1 amide bonds. The highest BCUT2D eigenvalue weighted by Gasteiger charge is 2.27. The summed E-state index contributed by atoms with van der Waals surface area (Å²) in [5.74, 6) is 0.422. The normalized spacial score (nSPS) is 16.3. The van der Waals surface area contributed by atoms with Crippen LogP contribution >= 0.6 is 0 Å². The van der Waals surface area contributed by atoms with Crippen LogP contribution in [0.2, 0.25) is 0 Å². The number of hydrogen-bond donors (Lipinski definition) is 1. The first kappa shape index (κ1) is 17.7. The van der Waals surface area contributed by atoms with Crippen molar-refractivity contribution in [1.82, 2.24) is 14.9 Å². The number of aryl methyl sites for hydroxylation is 1. The Morgan fingerprint density at radius 1 is 1.26 bits per heavy atom. The number of aromatic nitrogens is 2. The van der Waals surface area contributed by atoms with Crippen LogP contribution in [0.5, 0.6) is 0 Å². The zero-order valence-corrected chi connectivity index (χ0v) is 15.6. The summed E-state index contributed by atoms with van der Waals surface area (Å²) in [5, 5.41) is 4.42. The molecule has 0 radical (unpaired) electrons. The van der Waals surface area contributed by atoms with Gasteiger partial charge in [0.1, 0.15) is 0 Å². The van der Waals surface area contributed by atoms with E-state index in [1.165, 1.54) is 0 Å². The largest absolute Gasteiger partial charge is 0.381 e. The number of nitrogens with one attached hydrogen (secondary N) is 1. The lowest BCUT2D eigenvalue weighted by Gasteiger charge is -2.31. The Morgan fingerprint density at radius 3 is 2.85 bits per heavy atom. The third-order valence-electron chi connectivity index (χ3n) is 5.43. The predicted octanol–water partition coefficient (Wildman–Crippen LogP) is 3.40. The molecule has 27 heavy (non-hydrogen) atoms. The van der Waals surface area contributed by atoms with Crippen molar-refractivity contribution in [2.24, 2.45) is 13.0 Å². The first-order chi connectivity index (χ1) is 13.2. The average molecular weight is 363 g/mol. The average Bonchev–Trinajstić information content (AvgIpc) is 3.03. The summed E-state index contributed by atoms with van der Waals surface area (Å²) in [6, 6.07) is 12.2. The molecule has 1 N–H and O–H groups in total. The number of hydrogen-bond acceptors (Lipinski definition) is 3. The smallest absolute Gasteiger partial charge is 0.224 e. The highest BCUT2D eigenvalue weighted by Crippen LogP contribution is 2.30. The molecule has 5 nitrogen and oxygen atoms in total. The first-order valence-corrected chi connectivity index (χ1v) is 9.52. The van der Waals surface area contributed by atoms with Crippen molar-refractivity contribution in [2.75, 3.05) is 13.2 Å². The van der Waals surface area contributed by atoms with Crippen molar-refractivity contribution in [1.29, 1.82) is 0 Å². The molecule has 2 aromatic heterocycles. The molecular weight excluding hydrogens is 338 g/mol. The third kappa shape index (κ3) is 3.88. The van der Waals surface area contributed by atoms with E-state index in [2.05, 4.69) is 33.2 Å². The molecule has 3 heterocycles. The van der Waals surface area contributed by atoms with E-state index < -0.39 is 0 Å². The van der Waals surface area contributed by atoms with Crippen molar-refractivity contribution in [3.05, 3.63) is 66.1 Å². The van der Waals surface area contributed by atoms with Crippen molar-refractivity contribution < 1.29 is 9.53 Å². The third-order valence-corrected chi connectivity index (χ3v) is 5.43. The molecular formula is C22H25N3O2. The highest BCUT2D eigenvalue weighted by molar-refractivity contribution is 5.89. The van der Waals surface area contributed by atoms with Gasteiger partial charge in [-0.3, -0.25) is 9.78 Å². The van der Waals surface area contributed by atoms with Crippen molar-refractivity contribution in [2.45, 2.75) is 25.3 Å². The lowest BCUT2D eigenvalue weighted by molar-refractivity contribution is -0.121. The molecule has 1 aromatic carbocycles. The Hall–Kier alpha value is -2.66. The maximum absolute atomic E-state index is 12.9. The van der Waals surface area contributed by atoms with Gasteiger partial charge in [0.25, 0.3) is 0 Å². The van der Waals surface area contributed by atoms with E-state index >= 15 is 0 Å². The van der Waals surface area contributed by atoms with Crippen LogP contribution in [0, 0.1) is 5.92 Å². The zero-order valence-electron chi connectivity index (χ0n) is 15.6. The van der Waals surface area contributed by atoms with Gasteiger partial charge >= 0.3 is 0 Å². The molecule has 1 aliphatic rings. The van der Waals surface area contributed by atoms with Gasteiger partial charge in [-0.1, -0.05) is 24.3 Å². The Balaban J connectivity index is 1.54. The molecule has 1 aliphatic heterocycles. The van der Waals surface area contributed by atoms with Crippen LogP contribution in [-0.4, -0.2) is 28.7 Å². The van der Waals surface area contributed by atoms with Crippen molar-refractivity contribution in [3.8, 4) is 0 Å². The van der Waals surface area contributed by atoms with Crippen LogP contribution in [0.25, 0.3) is 10.9 Å². The molecule has 140 valence electrons. The maximum atomic E-state index is 12.9. The summed E-state index contributed by atoms with van der Waals surface area (Å²) < 4.78 is 7.58. The fourth-order valence-corrected chi connectivity index (χ4v) is 4.05. The summed E-state index contributed by atoms with van der Waals surface area (Å²) >= 11 is 0. The fourth-order valence-electron chi connectivity index (χ4n) is 4.05. The molecule has 0 bridgehead atoms. The molecule has 0 aliphatic carbocycles. The van der Waals surface area contributed by atoms with E-state index in [-0.39, 0.29) is 11.9 Å². The molecule has 3 aromatic rings. The minimum absolute atomic E-state index is 0.0231. The van der Waals surface area contributed by atoms with Gasteiger partial charge in [-0.25, -0.2) is 0 Å². The van der Waals surface area contributed by atoms with E-state index in [0.717, 1.165) is 48.1 Å². The van der Waals surface area contributed by atoms with E-state index in [1.807, 2.05) is 37.5 Å². The van der Waals surface area contributed by atoms with Crippen molar-refractivity contribution >= 4 is 16.8 Å². The Kier molecular flexibility index (Phi) is 5.21. The molecule has 1 fully saturated rings. The molecule has 1 saturated heterocycles. The maximum Gasteiger partial charge on any atom is 0.224 e. The van der Waals surface area contributed by atoms with Gasteiger partial charge in [0.05, 0.1) is 12.5 Å². The van der Waals surface area contributed by atoms with Gasteiger partial charge in [-0.15, -0.1) is 0 Å². The van der Waals surface area contributed by atoms with Crippen molar-refractivity contribution in [3.63, 3.8) is 0 Å². The van der Waals surface area contributed by atoms with Gasteiger partial charge in [-0.2, -0.15) is 0 Å². The molecule has 0 spiro atoms. The number of amides is 1. The summed E-state index contributed by atoms with van der Waals surface area (Å²) in [6.45, 7) is 1.50. The van der Waals surface area contributed by atoms with E-state index in [9.17, 15) is 4.79 Å². The second-order valence-corrected chi connectivity index (χ2v) is 7.24. The summed E-state index contributed by atoms with van der Waals surface area (Å²) in [4.78, 5) is 17.2. The van der Waals surface area contributed by atoms with Crippen LogP contribution in [-0.2, 0) is 23.0 Å². The number of benzene rings is 1. The van der Waals surface area contributed by atoms with Gasteiger partial charge in [0.2, 0.25) is 5.91 Å².